The van der Waals surface area contributed by atoms with Crippen molar-refractivity contribution in [1.82, 2.24) is 9.80 Å². The molecule has 1 aromatic rings. The van der Waals surface area contributed by atoms with E-state index in [1.165, 1.54) is 14.2 Å². The second-order valence-electron chi connectivity index (χ2n) is 13.1. The number of piperidine rings is 1. The number of ketones is 2. The number of benzene rings is 1. The number of methoxy groups -OCH3 is 2. The van der Waals surface area contributed by atoms with Gasteiger partial charge < -0.3 is 23.8 Å². The third-order valence-corrected chi connectivity index (χ3v) is 8.61. The molecule has 2 fully saturated rings. The van der Waals surface area contributed by atoms with Crippen LogP contribution in [0.2, 0.25) is 0 Å². The number of likely N-dealkylation sites (tertiary alicyclic amines) is 1. The van der Waals surface area contributed by atoms with Gasteiger partial charge in [-0.2, -0.15) is 0 Å². The minimum Gasteiger partial charge on any atom is -0.490 e. The molecular formula is C32H48N2O7. The summed E-state index contributed by atoms with van der Waals surface area (Å²) in [5.41, 5.74) is 0.378. The van der Waals surface area contributed by atoms with Gasteiger partial charge in [-0.15, -0.1) is 0 Å². The zero-order valence-corrected chi connectivity index (χ0v) is 25.8. The van der Waals surface area contributed by atoms with Crippen molar-refractivity contribution in [2.75, 3.05) is 47.1 Å². The summed E-state index contributed by atoms with van der Waals surface area (Å²) in [6, 6.07) is 6.10. The standard InChI is InChI=1S/C32H48N2O7/c1-20(2)34(17-21-10-12-33(13-11-21)31(37)41-32(3,4)5)22-14-24(15-22)40-23-8-9-25-26(16-23)30(36)28(19-39-7)27(18-38-6)29(25)35/h8-9,16,20-22,24,27-28H,10-15,17-19H2,1-7H3. The molecule has 4 rings (SSSR count). The van der Waals surface area contributed by atoms with Gasteiger partial charge in [0.25, 0.3) is 0 Å². The molecule has 9 nitrogen and oxygen atoms in total. The van der Waals surface area contributed by atoms with Gasteiger partial charge >= 0.3 is 6.09 Å². The SMILES string of the molecule is COCC1C(=O)c2ccc(OC3CC(N(CC4CCN(C(=O)OC(C)(C)C)CC4)C(C)C)C3)cc2C(=O)C1COC. The summed E-state index contributed by atoms with van der Waals surface area (Å²) in [4.78, 5) is 43.3. The van der Waals surface area contributed by atoms with E-state index in [1.807, 2.05) is 25.7 Å². The maximum atomic E-state index is 13.3. The van der Waals surface area contributed by atoms with Gasteiger partial charge in [0.15, 0.2) is 11.6 Å². The monoisotopic (exact) mass is 572 g/mol. The third kappa shape index (κ3) is 7.48. The number of rotatable bonds is 10. The average molecular weight is 573 g/mol. The van der Waals surface area contributed by atoms with Crippen molar-refractivity contribution in [3.8, 4) is 5.75 Å². The van der Waals surface area contributed by atoms with Crippen molar-refractivity contribution in [2.24, 2.45) is 17.8 Å². The number of carbonyl (C=O) groups is 3. The van der Waals surface area contributed by atoms with Gasteiger partial charge in [-0.3, -0.25) is 14.5 Å². The molecule has 3 aliphatic rings. The summed E-state index contributed by atoms with van der Waals surface area (Å²) in [7, 11) is 3.08. The summed E-state index contributed by atoms with van der Waals surface area (Å²) >= 11 is 0. The van der Waals surface area contributed by atoms with Crippen LogP contribution in [0.3, 0.4) is 0 Å². The van der Waals surface area contributed by atoms with E-state index < -0.39 is 17.4 Å². The molecule has 9 heteroatoms. The molecule has 2 aliphatic carbocycles. The lowest BCUT2D eigenvalue weighted by atomic mass is 9.74. The molecule has 2 unspecified atom stereocenters. The summed E-state index contributed by atoms with van der Waals surface area (Å²) < 4.78 is 22.3. The zero-order chi connectivity index (χ0) is 29.9. The molecular weight excluding hydrogens is 524 g/mol. The van der Waals surface area contributed by atoms with Crippen molar-refractivity contribution in [3.63, 3.8) is 0 Å². The summed E-state index contributed by atoms with van der Waals surface area (Å²) in [5.74, 6) is -0.0977. The summed E-state index contributed by atoms with van der Waals surface area (Å²) in [5, 5.41) is 0. The van der Waals surface area contributed by atoms with E-state index in [0.29, 0.717) is 34.9 Å². The largest absolute Gasteiger partial charge is 0.490 e. The molecule has 1 saturated carbocycles. The van der Waals surface area contributed by atoms with E-state index in [1.54, 1.807) is 18.2 Å². The predicted molar refractivity (Wildman–Crippen MR) is 156 cm³/mol. The lowest BCUT2D eigenvalue weighted by molar-refractivity contribution is -0.0134. The molecule has 1 heterocycles. The van der Waals surface area contributed by atoms with Crippen LogP contribution in [0.1, 0.15) is 81.0 Å². The Morgan fingerprint density at radius 1 is 0.976 bits per heavy atom. The van der Waals surface area contributed by atoms with E-state index in [-0.39, 0.29) is 37.0 Å². The van der Waals surface area contributed by atoms with Crippen LogP contribution in [-0.4, -0.2) is 98.3 Å². The van der Waals surface area contributed by atoms with Gasteiger partial charge in [0.05, 0.1) is 25.0 Å². The van der Waals surface area contributed by atoms with Crippen LogP contribution in [0.15, 0.2) is 18.2 Å². The van der Waals surface area contributed by atoms with Gasteiger partial charge in [-0.1, -0.05) is 0 Å². The number of fused-ring (bicyclic) bond motifs is 1. The van der Waals surface area contributed by atoms with Gasteiger partial charge in [-0.25, -0.2) is 4.79 Å². The molecule has 1 aliphatic heterocycles. The van der Waals surface area contributed by atoms with Crippen molar-refractivity contribution >= 4 is 17.7 Å². The van der Waals surface area contributed by atoms with Crippen LogP contribution >= 0.6 is 0 Å². The Morgan fingerprint density at radius 2 is 1.56 bits per heavy atom. The smallest absolute Gasteiger partial charge is 0.410 e. The van der Waals surface area contributed by atoms with Crippen LogP contribution in [0, 0.1) is 17.8 Å². The number of amides is 1. The summed E-state index contributed by atoms with van der Waals surface area (Å²) in [6.45, 7) is 13.0. The van der Waals surface area contributed by atoms with E-state index in [9.17, 15) is 14.4 Å². The van der Waals surface area contributed by atoms with Crippen molar-refractivity contribution in [3.05, 3.63) is 29.3 Å². The second kappa shape index (κ2) is 13.2. The number of hydrogen-bond acceptors (Lipinski definition) is 8. The first-order valence-corrected chi connectivity index (χ1v) is 15.0. The molecule has 0 N–H and O–H groups in total. The van der Waals surface area contributed by atoms with Crippen molar-refractivity contribution < 1.29 is 33.3 Å². The molecule has 0 spiro atoms. The molecule has 41 heavy (non-hydrogen) atoms. The quantitative estimate of drug-likeness (QED) is 0.393. The average Bonchev–Trinajstić information content (AvgIpc) is 2.89. The fourth-order valence-corrected chi connectivity index (χ4v) is 6.32. The molecule has 228 valence electrons. The zero-order valence-electron chi connectivity index (χ0n) is 25.8. The summed E-state index contributed by atoms with van der Waals surface area (Å²) in [6.07, 6.45) is 3.65. The minimum absolute atomic E-state index is 0.0683. The van der Waals surface area contributed by atoms with Crippen LogP contribution in [-0.2, 0) is 14.2 Å². The fourth-order valence-electron chi connectivity index (χ4n) is 6.32. The highest BCUT2D eigenvalue weighted by atomic mass is 16.6. The Hall–Kier alpha value is -2.49. The highest BCUT2D eigenvalue weighted by Gasteiger charge is 2.42. The molecule has 1 saturated heterocycles. The topological polar surface area (TPSA) is 94.6 Å². The highest BCUT2D eigenvalue weighted by molar-refractivity contribution is 6.16. The molecule has 2 atom stereocenters. The minimum atomic E-state index is -0.557. The van der Waals surface area contributed by atoms with Gasteiger partial charge in [0.1, 0.15) is 17.5 Å². The first-order valence-electron chi connectivity index (χ1n) is 15.0. The van der Waals surface area contributed by atoms with Crippen molar-refractivity contribution in [1.29, 1.82) is 0 Å². The maximum Gasteiger partial charge on any atom is 0.410 e. The molecule has 1 amide bonds. The number of Topliss-reactive ketones (excluding diaryl/α,β-unsaturated/α-hetero) is 2. The Bertz CT molecular complexity index is 1080. The Morgan fingerprint density at radius 3 is 2.10 bits per heavy atom. The van der Waals surface area contributed by atoms with Gasteiger partial charge in [0.2, 0.25) is 0 Å². The predicted octanol–water partition coefficient (Wildman–Crippen LogP) is 4.86. The lowest BCUT2D eigenvalue weighted by Crippen LogP contribution is -2.54. The number of carbonyl (C=O) groups excluding carboxylic acids is 3. The first-order chi connectivity index (χ1) is 19.4. The number of nitrogens with zero attached hydrogens (tertiary/aromatic N) is 2. The Labute approximate surface area is 244 Å². The lowest BCUT2D eigenvalue weighted by Gasteiger charge is -2.46. The van der Waals surface area contributed by atoms with E-state index in [2.05, 4.69) is 18.7 Å². The first kappa shape index (κ1) is 31.4. The number of ether oxygens (including phenoxy) is 4. The molecule has 0 radical (unpaired) electrons. The van der Waals surface area contributed by atoms with Crippen LogP contribution < -0.4 is 4.74 Å². The van der Waals surface area contributed by atoms with Crippen LogP contribution in [0.25, 0.3) is 0 Å². The van der Waals surface area contributed by atoms with E-state index >= 15 is 0 Å². The second-order valence-corrected chi connectivity index (χ2v) is 13.1. The van der Waals surface area contributed by atoms with E-state index in [0.717, 1.165) is 45.3 Å². The Balaban J connectivity index is 1.31. The third-order valence-electron chi connectivity index (χ3n) is 8.61. The normalized spacial score (nSPS) is 25.3. The van der Waals surface area contributed by atoms with Crippen molar-refractivity contribution in [2.45, 2.75) is 84.1 Å². The van der Waals surface area contributed by atoms with Gasteiger partial charge in [0, 0.05) is 69.9 Å². The fraction of sp³-hybridized carbons (Fsp3) is 0.719. The molecule has 1 aromatic carbocycles. The highest BCUT2D eigenvalue weighted by Crippen LogP contribution is 2.36. The maximum absolute atomic E-state index is 13.3. The van der Waals surface area contributed by atoms with Crippen LogP contribution in [0.4, 0.5) is 4.79 Å². The van der Waals surface area contributed by atoms with E-state index in [4.69, 9.17) is 18.9 Å². The Kier molecular flexibility index (Phi) is 10.1. The molecule has 0 bridgehead atoms. The van der Waals surface area contributed by atoms with Crippen LogP contribution in [0.5, 0.6) is 5.75 Å². The molecule has 0 aromatic heterocycles. The van der Waals surface area contributed by atoms with Gasteiger partial charge in [-0.05, 0) is 71.6 Å². The number of hydrogen-bond donors (Lipinski definition) is 0.